The Morgan fingerprint density at radius 3 is 2.58 bits per heavy atom. The van der Waals surface area contributed by atoms with Crippen LogP contribution in [0.2, 0.25) is 0 Å². The molecule has 0 heterocycles. The maximum atomic E-state index is 5.57. The topological polar surface area (TPSA) is 30.5 Å². The van der Waals surface area contributed by atoms with Gasteiger partial charge in [0.25, 0.3) is 0 Å². The molecule has 3 nitrogen and oxygen atoms in total. The van der Waals surface area contributed by atoms with Crippen LogP contribution in [0, 0.1) is 5.41 Å². The predicted octanol–water partition coefficient (Wildman–Crippen LogP) is 1.34. The minimum Gasteiger partial charge on any atom is -0.378 e. The first-order chi connectivity index (χ1) is 5.62. The van der Waals surface area contributed by atoms with Gasteiger partial charge in [-0.2, -0.15) is 5.48 Å². The quantitative estimate of drug-likeness (QED) is 0.651. The third kappa shape index (κ3) is 1.63. The van der Waals surface area contributed by atoms with E-state index in [4.69, 9.17) is 9.57 Å². The Kier molecular flexibility index (Phi) is 3.09. The lowest BCUT2D eigenvalue weighted by Crippen LogP contribution is -2.60. The molecule has 2 unspecified atom stereocenters. The van der Waals surface area contributed by atoms with Gasteiger partial charge in [0.2, 0.25) is 0 Å². The standard InChI is InChI=1S/C9H19NO2/c1-5-12-8-6-7(10-11-4)9(8,2)3/h7-8,10H,5-6H2,1-4H3. The third-order valence-electron chi connectivity index (χ3n) is 2.81. The first kappa shape index (κ1) is 9.96. The number of rotatable bonds is 4. The fourth-order valence-electron chi connectivity index (χ4n) is 1.71. The normalized spacial score (nSPS) is 33.0. The van der Waals surface area contributed by atoms with Crippen LogP contribution in [0.5, 0.6) is 0 Å². The van der Waals surface area contributed by atoms with E-state index in [0.717, 1.165) is 13.0 Å². The van der Waals surface area contributed by atoms with E-state index in [-0.39, 0.29) is 5.41 Å². The van der Waals surface area contributed by atoms with E-state index < -0.39 is 0 Å². The monoisotopic (exact) mass is 173 g/mol. The van der Waals surface area contributed by atoms with Crippen molar-refractivity contribution in [3.05, 3.63) is 0 Å². The summed E-state index contributed by atoms with van der Waals surface area (Å²) >= 11 is 0. The van der Waals surface area contributed by atoms with E-state index >= 15 is 0 Å². The zero-order valence-electron chi connectivity index (χ0n) is 8.39. The molecule has 0 saturated heterocycles. The molecule has 12 heavy (non-hydrogen) atoms. The average molecular weight is 173 g/mol. The van der Waals surface area contributed by atoms with E-state index in [1.807, 2.05) is 6.92 Å². The molecule has 0 aromatic carbocycles. The summed E-state index contributed by atoms with van der Waals surface area (Å²) in [5, 5.41) is 0. The maximum Gasteiger partial charge on any atom is 0.0657 e. The lowest BCUT2D eigenvalue weighted by Gasteiger charge is -2.51. The van der Waals surface area contributed by atoms with Crippen molar-refractivity contribution in [3.8, 4) is 0 Å². The van der Waals surface area contributed by atoms with Crippen LogP contribution in [0.3, 0.4) is 0 Å². The Morgan fingerprint density at radius 2 is 2.17 bits per heavy atom. The zero-order valence-corrected chi connectivity index (χ0v) is 8.39. The fraction of sp³-hybridized carbons (Fsp3) is 1.00. The van der Waals surface area contributed by atoms with Crippen LogP contribution >= 0.6 is 0 Å². The molecule has 0 aliphatic heterocycles. The molecule has 1 saturated carbocycles. The van der Waals surface area contributed by atoms with Gasteiger partial charge in [0.05, 0.1) is 13.2 Å². The van der Waals surface area contributed by atoms with Crippen LogP contribution in [0.25, 0.3) is 0 Å². The Bertz CT molecular complexity index is 133. The van der Waals surface area contributed by atoms with Gasteiger partial charge >= 0.3 is 0 Å². The van der Waals surface area contributed by atoms with Crippen LogP contribution in [0.4, 0.5) is 0 Å². The van der Waals surface area contributed by atoms with Crippen molar-refractivity contribution in [3.63, 3.8) is 0 Å². The van der Waals surface area contributed by atoms with Gasteiger partial charge in [-0.15, -0.1) is 0 Å². The third-order valence-corrected chi connectivity index (χ3v) is 2.81. The Labute approximate surface area is 74.4 Å². The molecule has 1 N–H and O–H groups in total. The van der Waals surface area contributed by atoms with Crippen molar-refractivity contribution in [2.24, 2.45) is 5.41 Å². The molecule has 1 rings (SSSR count). The molecule has 0 amide bonds. The Morgan fingerprint density at radius 1 is 1.50 bits per heavy atom. The highest BCUT2D eigenvalue weighted by atomic mass is 16.6. The van der Waals surface area contributed by atoms with Crippen molar-refractivity contribution in [1.29, 1.82) is 0 Å². The molecule has 0 spiro atoms. The van der Waals surface area contributed by atoms with Crippen molar-refractivity contribution < 1.29 is 9.57 Å². The second-order valence-electron chi connectivity index (χ2n) is 3.88. The molecule has 0 aromatic rings. The summed E-state index contributed by atoms with van der Waals surface area (Å²) in [5.41, 5.74) is 3.18. The van der Waals surface area contributed by atoms with Gasteiger partial charge < -0.3 is 9.57 Å². The highest BCUT2D eigenvalue weighted by Crippen LogP contribution is 2.42. The maximum absolute atomic E-state index is 5.57. The van der Waals surface area contributed by atoms with Crippen molar-refractivity contribution in [1.82, 2.24) is 5.48 Å². The van der Waals surface area contributed by atoms with Crippen molar-refractivity contribution >= 4 is 0 Å². The summed E-state index contributed by atoms with van der Waals surface area (Å²) in [4.78, 5) is 4.90. The second-order valence-corrected chi connectivity index (χ2v) is 3.88. The number of ether oxygens (including phenoxy) is 1. The molecule has 3 heteroatoms. The van der Waals surface area contributed by atoms with Gasteiger partial charge in [-0.05, 0) is 13.3 Å². The van der Waals surface area contributed by atoms with Crippen molar-refractivity contribution in [2.45, 2.75) is 39.3 Å². The van der Waals surface area contributed by atoms with E-state index in [9.17, 15) is 0 Å². The molecular weight excluding hydrogens is 154 g/mol. The molecule has 0 radical (unpaired) electrons. The first-order valence-electron chi connectivity index (χ1n) is 4.53. The summed E-state index contributed by atoms with van der Waals surface area (Å²) in [5.74, 6) is 0. The van der Waals surface area contributed by atoms with Crippen LogP contribution in [0.1, 0.15) is 27.2 Å². The van der Waals surface area contributed by atoms with Gasteiger partial charge in [0.15, 0.2) is 0 Å². The minimum absolute atomic E-state index is 0.200. The Hall–Kier alpha value is -0.120. The number of hydroxylamine groups is 1. The minimum atomic E-state index is 0.200. The molecule has 1 aliphatic carbocycles. The second kappa shape index (κ2) is 3.73. The van der Waals surface area contributed by atoms with Gasteiger partial charge in [0.1, 0.15) is 0 Å². The van der Waals surface area contributed by atoms with Crippen LogP contribution in [-0.2, 0) is 9.57 Å². The van der Waals surface area contributed by atoms with Crippen LogP contribution in [-0.4, -0.2) is 25.9 Å². The molecule has 0 bridgehead atoms. The Balaban J connectivity index is 2.36. The number of nitrogens with one attached hydrogen (secondary N) is 1. The van der Waals surface area contributed by atoms with E-state index in [1.165, 1.54) is 0 Å². The van der Waals surface area contributed by atoms with Gasteiger partial charge in [-0.25, -0.2) is 0 Å². The summed E-state index contributed by atoms with van der Waals surface area (Å²) in [6, 6.07) is 0.430. The number of hydrogen-bond donors (Lipinski definition) is 1. The summed E-state index contributed by atoms with van der Waals surface area (Å²) in [6.07, 6.45) is 1.43. The summed E-state index contributed by atoms with van der Waals surface area (Å²) in [7, 11) is 1.66. The number of hydrogen-bond acceptors (Lipinski definition) is 3. The lowest BCUT2D eigenvalue weighted by molar-refractivity contribution is -0.148. The predicted molar refractivity (Wildman–Crippen MR) is 47.7 cm³/mol. The van der Waals surface area contributed by atoms with Gasteiger partial charge in [-0.1, -0.05) is 13.8 Å². The largest absolute Gasteiger partial charge is 0.378 e. The summed E-state index contributed by atoms with van der Waals surface area (Å²) in [6.45, 7) is 7.24. The van der Waals surface area contributed by atoms with Gasteiger partial charge in [0, 0.05) is 18.1 Å². The summed E-state index contributed by atoms with van der Waals surface area (Å²) < 4.78 is 5.57. The van der Waals surface area contributed by atoms with Gasteiger partial charge in [-0.3, -0.25) is 0 Å². The highest BCUT2D eigenvalue weighted by Gasteiger charge is 2.48. The molecule has 2 atom stereocenters. The SMILES string of the molecule is CCOC1CC(NOC)C1(C)C. The highest BCUT2D eigenvalue weighted by molar-refractivity contribution is 5.01. The molecule has 1 aliphatic rings. The smallest absolute Gasteiger partial charge is 0.0657 e. The lowest BCUT2D eigenvalue weighted by atomic mass is 9.65. The van der Waals surface area contributed by atoms with E-state index in [1.54, 1.807) is 7.11 Å². The van der Waals surface area contributed by atoms with Crippen LogP contribution < -0.4 is 5.48 Å². The molecule has 0 aromatic heterocycles. The van der Waals surface area contributed by atoms with Crippen molar-refractivity contribution in [2.75, 3.05) is 13.7 Å². The molecule has 1 fully saturated rings. The molecular formula is C9H19NO2. The first-order valence-corrected chi connectivity index (χ1v) is 4.53. The van der Waals surface area contributed by atoms with E-state index in [0.29, 0.717) is 12.1 Å². The zero-order chi connectivity index (χ0) is 9.19. The fourth-order valence-corrected chi connectivity index (χ4v) is 1.71. The average Bonchev–Trinajstić information content (AvgIpc) is 2.03. The van der Waals surface area contributed by atoms with Crippen LogP contribution in [0.15, 0.2) is 0 Å². The van der Waals surface area contributed by atoms with E-state index in [2.05, 4.69) is 19.3 Å². The molecule has 72 valence electrons.